The zero-order valence-corrected chi connectivity index (χ0v) is 11.3. The second-order valence-corrected chi connectivity index (χ2v) is 4.72. The van der Waals surface area contributed by atoms with Crippen LogP contribution in [0, 0.1) is 0 Å². The molecule has 0 radical (unpaired) electrons. The first kappa shape index (κ1) is 15.5. The van der Waals surface area contributed by atoms with Gasteiger partial charge in [-0.1, -0.05) is 12.8 Å². The second kappa shape index (κ2) is 6.95. The fourth-order valence-corrected chi connectivity index (χ4v) is 2.91. The van der Waals surface area contributed by atoms with Gasteiger partial charge in [-0.3, -0.25) is 0 Å². The van der Waals surface area contributed by atoms with Crippen molar-refractivity contribution < 1.29 is 0 Å². The number of hydrogen-bond donors (Lipinski definition) is 1. The summed E-state index contributed by atoms with van der Waals surface area (Å²) in [6, 6.07) is 0. The van der Waals surface area contributed by atoms with E-state index in [1.165, 1.54) is 58.2 Å². The predicted molar refractivity (Wildman–Crippen MR) is 70.4 cm³/mol. The molecule has 2 fully saturated rings. The summed E-state index contributed by atoms with van der Waals surface area (Å²) in [5.41, 5.74) is 0.477. The summed E-state index contributed by atoms with van der Waals surface area (Å²) in [6.07, 6.45) is 8.46. The molecule has 2 aliphatic rings. The fraction of sp³-hybridized carbons (Fsp3) is 1.00. The third-order valence-corrected chi connectivity index (χ3v) is 3.82. The highest BCUT2D eigenvalue weighted by molar-refractivity contribution is 5.85. The largest absolute Gasteiger partial charge is 0.313 e. The van der Waals surface area contributed by atoms with Crippen LogP contribution in [0.3, 0.4) is 0 Å². The first-order valence-electron chi connectivity index (χ1n) is 5.76. The molecular formula is C11H24Cl2N2. The van der Waals surface area contributed by atoms with Crippen molar-refractivity contribution in [3.63, 3.8) is 0 Å². The van der Waals surface area contributed by atoms with Crippen molar-refractivity contribution in [3.05, 3.63) is 0 Å². The van der Waals surface area contributed by atoms with E-state index >= 15 is 0 Å². The Kier molecular flexibility index (Phi) is 7.18. The quantitative estimate of drug-likeness (QED) is 0.833. The zero-order chi connectivity index (χ0) is 9.15. The van der Waals surface area contributed by atoms with E-state index in [2.05, 4.69) is 17.3 Å². The van der Waals surface area contributed by atoms with Crippen molar-refractivity contribution in [1.82, 2.24) is 10.2 Å². The summed E-state index contributed by atoms with van der Waals surface area (Å²) in [6.45, 7) is 3.97. The lowest BCUT2D eigenvalue weighted by Crippen LogP contribution is -2.49. The van der Waals surface area contributed by atoms with E-state index in [9.17, 15) is 0 Å². The molecule has 0 aromatic rings. The Labute approximate surface area is 106 Å². The molecule has 0 aromatic heterocycles. The van der Waals surface area contributed by atoms with Gasteiger partial charge in [-0.15, -0.1) is 24.8 Å². The Bertz CT molecular complexity index is 164. The summed E-state index contributed by atoms with van der Waals surface area (Å²) < 4.78 is 0. The monoisotopic (exact) mass is 254 g/mol. The number of likely N-dealkylation sites (N-methyl/N-ethyl adjacent to an activating group) is 1. The van der Waals surface area contributed by atoms with Gasteiger partial charge in [0.05, 0.1) is 0 Å². The maximum absolute atomic E-state index is 3.56. The summed E-state index contributed by atoms with van der Waals surface area (Å²) in [5.74, 6) is 0. The number of nitrogens with one attached hydrogen (secondary N) is 1. The molecule has 1 aliphatic carbocycles. The lowest BCUT2D eigenvalue weighted by molar-refractivity contribution is 0.218. The first-order chi connectivity index (χ1) is 6.35. The van der Waals surface area contributed by atoms with Gasteiger partial charge in [0.2, 0.25) is 0 Å². The molecule has 0 aromatic carbocycles. The number of halogens is 2. The summed E-state index contributed by atoms with van der Waals surface area (Å²) in [7, 11) is 2.14. The highest BCUT2D eigenvalue weighted by Gasteiger charge is 2.34. The summed E-state index contributed by atoms with van der Waals surface area (Å²) >= 11 is 0. The molecule has 1 saturated heterocycles. The van der Waals surface area contributed by atoms with E-state index in [0.29, 0.717) is 5.54 Å². The van der Waals surface area contributed by atoms with Gasteiger partial charge in [0.15, 0.2) is 0 Å². The van der Waals surface area contributed by atoms with Crippen LogP contribution in [0.2, 0.25) is 0 Å². The van der Waals surface area contributed by atoms with E-state index in [-0.39, 0.29) is 24.8 Å². The van der Waals surface area contributed by atoms with Crippen LogP contribution < -0.4 is 5.32 Å². The van der Waals surface area contributed by atoms with Crippen LogP contribution >= 0.6 is 24.8 Å². The molecule has 1 N–H and O–H groups in total. The Hall–Kier alpha value is 0.500. The average Bonchev–Trinajstić information content (AvgIpc) is 2.77. The Morgan fingerprint density at radius 1 is 1.00 bits per heavy atom. The molecule has 0 unspecified atom stereocenters. The predicted octanol–water partition coefficient (Wildman–Crippen LogP) is 2.46. The van der Waals surface area contributed by atoms with Crippen molar-refractivity contribution in [2.24, 2.45) is 0 Å². The number of rotatable bonds is 3. The molecule has 0 bridgehead atoms. The van der Waals surface area contributed by atoms with Crippen LogP contribution in [0.4, 0.5) is 0 Å². The Morgan fingerprint density at radius 2 is 1.53 bits per heavy atom. The highest BCUT2D eigenvalue weighted by atomic mass is 35.5. The van der Waals surface area contributed by atoms with Crippen molar-refractivity contribution >= 4 is 24.8 Å². The van der Waals surface area contributed by atoms with Gasteiger partial charge >= 0.3 is 0 Å². The van der Waals surface area contributed by atoms with Crippen molar-refractivity contribution in [2.45, 2.75) is 44.1 Å². The molecule has 1 aliphatic heterocycles. The smallest absolute Gasteiger partial charge is 0.0306 e. The van der Waals surface area contributed by atoms with Crippen LogP contribution in [0.25, 0.3) is 0 Å². The summed E-state index contributed by atoms with van der Waals surface area (Å²) in [5, 5.41) is 3.56. The van der Waals surface area contributed by atoms with Crippen molar-refractivity contribution in [1.29, 1.82) is 0 Å². The van der Waals surface area contributed by atoms with Crippen LogP contribution in [-0.2, 0) is 0 Å². The molecule has 0 spiro atoms. The van der Waals surface area contributed by atoms with Gasteiger partial charge in [-0.25, -0.2) is 0 Å². The Balaban J connectivity index is 0.000000980. The molecule has 92 valence electrons. The van der Waals surface area contributed by atoms with Gasteiger partial charge in [0.25, 0.3) is 0 Å². The van der Waals surface area contributed by atoms with Gasteiger partial charge < -0.3 is 10.2 Å². The third kappa shape index (κ3) is 3.77. The molecule has 1 saturated carbocycles. The third-order valence-electron chi connectivity index (χ3n) is 3.82. The number of nitrogens with zero attached hydrogens (tertiary/aromatic N) is 1. The molecule has 4 heteroatoms. The van der Waals surface area contributed by atoms with Crippen LogP contribution in [0.1, 0.15) is 38.5 Å². The lowest BCUT2D eigenvalue weighted by Gasteiger charge is -2.33. The minimum Gasteiger partial charge on any atom is -0.313 e. The molecule has 1 heterocycles. The molecule has 15 heavy (non-hydrogen) atoms. The fourth-order valence-electron chi connectivity index (χ4n) is 2.91. The van der Waals surface area contributed by atoms with Crippen LogP contribution in [0.15, 0.2) is 0 Å². The topological polar surface area (TPSA) is 15.3 Å². The first-order valence-corrected chi connectivity index (χ1v) is 5.76. The SMILES string of the molecule is CNC1(CN2CCCC2)CCCC1.Cl.Cl. The van der Waals surface area contributed by atoms with Gasteiger partial charge in [0, 0.05) is 12.1 Å². The normalized spacial score (nSPS) is 24.6. The number of likely N-dealkylation sites (tertiary alicyclic amines) is 1. The molecular weight excluding hydrogens is 231 g/mol. The maximum Gasteiger partial charge on any atom is 0.0306 e. The van der Waals surface area contributed by atoms with Crippen LogP contribution in [-0.4, -0.2) is 37.1 Å². The minimum absolute atomic E-state index is 0. The maximum atomic E-state index is 3.56. The average molecular weight is 255 g/mol. The van der Waals surface area contributed by atoms with E-state index in [1.807, 2.05) is 0 Å². The molecule has 2 rings (SSSR count). The van der Waals surface area contributed by atoms with E-state index in [4.69, 9.17) is 0 Å². The van der Waals surface area contributed by atoms with Crippen LogP contribution in [0.5, 0.6) is 0 Å². The Morgan fingerprint density at radius 3 is 2.00 bits per heavy atom. The van der Waals surface area contributed by atoms with Gasteiger partial charge in [0.1, 0.15) is 0 Å². The van der Waals surface area contributed by atoms with Crippen molar-refractivity contribution in [3.8, 4) is 0 Å². The number of hydrogen-bond acceptors (Lipinski definition) is 2. The van der Waals surface area contributed by atoms with Gasteiger partial charge in [-0.05, 0) is 45.8 Å². The molecule has 0 amide bonds. The van der Waals surface area contributed by atoms with E-state index in [0.717, 1.165) is 0 Å². The summed E-state index contributed by atoms with van der Waals surface area (Å²) in [4.78, 5) is 2.64. The van der Waals surface area contributed by atoms with Crippen molar-refractivity contribution in [2.75, 3.05) is 26.7 Å². The van der Waals surface area contributed by atoms with Gasteiger partial charge in [-0.2, -0.15) is 0 Å². The van der Waals surface area contributed by atoms with E-state index in [1.54, 1.807) is 0 Å². The second-order valence-electron chi connectivity index (χ2n) is 4.72. The van der Waals surface area contributed by atoms with E-state index < -0.39 is 0 Å². The highest BCUT2D eigenvalue weighted by Crippen LogP contribution is 2.30. The molecule has 0 atom stereocenters. The molecule has 2 nitrogen and oxygen atoms in total. The lowest BCUT2D eigenvalue weighted by atomic mass is 9.97. The standard InChI is InChI=1S/C11H22N2.2ClH/c1-12-11(6-2-3-7-11)10-13-8-4-5-9-13;;/h12H,2-10H2,1H3;2*1H. The minimum atomic E-state index is 0. The zero-order valence-electron chi connectivity index (χ0n) is 9.63.